The minimum absolute atomic E-state index is 0.128. The van der Waals surface area contributed by atoms with Crippen molar-refractivity contribution in [3.63, 3.8) is 0 Å². The quantitative estimate of drug-likeness (QED) is 0.632. The summed E-state index contributed by atoms with van der Waals surface area (Å²) in [5, 5.41) is 3.20. The molecule has 1 heterocycles. The molecule has 1 saturated heterocycles. The Hall–Kier alpha value is -0.650. The van der Waals surface area contributed by atoms with Crippen LogP contribution in [0.15, 0.2) is 0 Å². The fraction of sp³-hybridized carbons (Fsp3) is 0.929. The SMILES string of the molecule is CCNC(CCN1CCC(COC)C1)C(=O)OCC. The van der Waals surface area contributed by atoms with Gasteiger partial charge in [-0.25, -0.2) is 0 Å². The molecule has 5 nitrogen and oxygen atoms in total. The monoisotopic (exact) mass is 272 g/mol. The number of hydrogen-bond donors (Lipinski definition) is 1. The maximum absolute atomic E-state index is 11.8. The predicted octanol–water partition coefficient (Wildman–Crippen LogP) is 0.886. The summed E-state index contributed by atoms with van der Waals surface area (Å²) in [6.07, 6.45) is 2.01. The molecule has 0 amide bonds. The highest BCUT2D eigenvalue weighted by atomic mass is 16.5. The summed E-state index contributed by atoms with van der Waals surface area (Å²) < 4.78 is 10.3. The highest BCUT2D eigenvalue weighted by Crippen LogP contribution is 2.16. The first kappa shape index (κ1) is 16.4. The Morgan fingerprint density at radius 2 is 2.26 bits per heavy atom. The second kappa shape index (κ2) is 9.28. The number of carbonyl (C=O) groups excluding carboxylic acids is 1. The van der Waals surface area contributed by atoms with Crippen LogP contribution in [-0.2, 0) is 14.3 Å². The van der Waals surface area contributed by atoms with Crippen LogP contribution in [0.5, 0.6) is 0 Å². The molecule has 1 fully saturated rings. The Balaban J connectivity index is 2.30. The van der Waals surface area contributed by atoms with Crippen molar-refractivity contribution in [3.8, 4) is 0 Å². The lowest BCUT2D eigenvalue weighted by atomic mass is 10.1. The molecule has 0 saturated carbocycles. The lowest BCUT2D eigenvalue weighted by Gasteiger charge is -2.20. The van der Waals surface area contributed by atoms with Gasteiger partial charge in [0.05, 0.1) is 13.2 Å². The second-order valence-electron chi connectivity index (χ2n) is 5.06. The van der Waals surface area contributed by atoms with Crippen molar-refractivity contribution < 1.29 is 14.3 Å². The first-order chi connectivity index (χ1) is 9.21. The standard InChI is InChI=1S/C14H28N2O3/c1-4-15-13(14(17)19-5-2)7-9-16-8-6-12(10-16)11-18-3/h12-13,15H,4-11H2,1-3H3. The van der Waals surface area contributed by atoms with E-state index in [9.17, 15) is 4.79 Å². The molecule has 1 rings (SSSR count). The van der Waals surface area contributed by atoms with Crippen molar-refractivity contribution in [2.24, 2.45) is 5.92 Å². The number of ether oxygens (including phenoxy) is 2. The average molecular weight is 272 g/mol. The Kier molecular flexibility index (Phi) is 8.02. The minimum atomic E-state index is -0.175. The van der Waals surface area contributed by atoms with E-state index >= 15 is 0 Å². The third kappa shape index (κ3) is 5.89. The number of nitrogens with zero attached hydrogens (tertiary/aromatic N) is 1. The third-order valence-electron chi connectivity index (χ3n) is 3.53. The van der Waals surface area contributed by atoms with Gasteiger partial charge in [0.2, 0.25) is 0 Å². The zero-order valence-electron chi connectivity index (χ0n) is 12.5. The van der Waals surface area contributed by atoms with Crippen LogP contribution >= 0.6 is 0 Å². The highest BCUT2D eigenvalue weighted by molar-refractivity contribution is 5.75. The van der Waals surface area contributed by atoms with Crippen molar-refractivity contribution in [2.45, 2.75) is 32.7 Å². The van der Waals surface area contributed by atoms with E-state index in [4.69, 9.17) is 9.47 Å². The van der Waals surface area contributed by atoms with Crippen LogP contribution < -0.4 is 5.32 Å². The average Bonchev–Trinajstić information content (AvgIpc) is 2.83. The van der Waals surface area contributed by atoms with Crippen LogP contribution in [0.4, 0.5) is 0 Å². The number of esters is 1. The normalized spacial score (nSPS) is 21.5. The molecule has 0 aromatic carbocycles. The number of hydrogen-bond acceptors (Lipinski definition) is 5. The molecule has 0 aromatic rings. The number of nitrogens with one attached hydrogen (secondary N) is 1. The Bertz CT molecular complexity index is 261. The second-order valence-corrected chi connectivity index (χ2v) is 5.06. The fourth-order valence-corrected chi connectivity index (χ4v) is 2.59. The van der Waals surface area contributed by atoms with Crippen LogP contribution in [0.1, 0.15) is 26.7 Å². The molecule has 0 aromatic heterocycles. The van der Waals surface area contributed by atoms with E-state index in [2.05, 4.69) is 10.2 Å². The Morgan fingerprint density at radius 1 is 1.47 bits per heavy atom. The first-order valence-corrected chi connectivity index (χ1v) is 7.32. The lowest BCUT2D eigenvalue weighted by Crippen LogP contribution is -2.40. The van der Waals surface area contributed by atoms with Gasteiger partial charge in [0.15, 0.2) is 0 Å². The molecule has 0 bridgehead atoms. The topological polar surface area (TPSA) is 50.8 Å². The third-order valence-corrected chi connectivity index (χ3v) is 3.53. The molecule has 0 aliphatic carbocycles. The van der Waals surface area contributed by atoms with E-state index in [0.29, 0.717) is 12.5 Å². The van der Waals surface area contributed by atoms with Gasteiger partial charge in [-0.05, 0) is 38.8 Å². The molecule has 1 aliphatic rings. The zero-order chi connectivity index (χ0) is 14.1. The van der Waals surface area contributed by atoms with Gasteiger partial charge in [-0.15, -0.1) is 0 Å². The minimum Gasteiger partial charge on any atom is -0.465 e. The van der Waals surface area contributed by atoms with Crippen LogP contribution in [0.3, 0.4) is 0 Å². The lowest BCUT2D eigenvalue weighted by molar-refractivity contribution is -0.145. The van der Waals surface area contributed by atoms with Crippen LogP contribution in [0.2, 0.25) is 0 Å². The summed E-state index contributed by atoms with van der Waals surface area (Å²) in [4.78, 5) is 14.2. The maximum Gasteiger partial charge on any atom is 0.323 e. The number of likely N-dealkylation sites (tertiary alicyclic amines) is 1. The van der Waals surface area contributed by atoms with E-state index in [1.54, 1.807) is 7.11 Å². The molecule has 0 spiro atoms. The van der Waals surface area contributed by atoms with Gasteiger partial charge in [-0.1, -0.05) is 6.92 Å². The summed E-state index contributed by atoms with van der Waals surface area (Å²) >= 11 is 0. The van der Waals surface area contributed by atoms with Crippen LogP contribution in [0.25, 0.3) is 0 Å². The largest absolute Gasteiger partial charge is 0.465 e. The van der Waals surface area contributed by atoms with Crippen molar-refractivity contribution >= 4 is 5.97 Å². The molecular weight excluding hydrogens is 244 g/mol. The molecule has 19 heavy (non-hydrogen) atoms. The molecule has 1 N–H and O–H groups in total. The van der Waals surface area contributed by atoms with Crippen LogP contribution in [-0.4, -0.2) is 63.4 Å². The molecule has 1 aliphatic heterocycles. The van der Waals surface area contributed by atoms with E-state index in [-0.39, 0.29) is 12.0 Å². The van der Waals surface area contributed by atoms with E-state index in [1.807, 2.05) is 13.8 Å². The van der Waals surface area contributed by atoms with Gasteiger partial charge in [-0.3, -0.25) is 4.79 Å². The van der Waals surface area contributed by atoms with Gasteiger partial charge in [-0.2, -0.15) is 0 Å². The molecular formula is C14H28N2O3. The number of likely N-dealkylation sites (N-methyl/N-ethyl adjacent to an activating group) is 1. The van der Waals surface area contributed by atoms with Gasteiger partial charge in [0.25, 0.3) is 0 Å². The first-order valence-electron chi connectivity index (χ1n) is 7.32. The summed E-state index contributed by atoms with van der Waals surface area (Å²) in [5.41, 5.74) is 0. The fourth-order valence-electron chi connectivity index (χ4n) is 2.59. The highest BCUT2D eigenvalue weighted by Gasteiger charge is 2.24. The number of rotatable bonds is 9. The molecule has 0 radical (unpaired) electrons. The van der Waals surface area contributed by atoms with Gasteiger partial charge >= 0.3 is 5.97 Å². The summed E-state index contributed by atoms with van der Waals surface area (Å²) in [7, 11) is 1.75. The number of methoxy groups -OCH3 is 1. The predicted molar refractivity (Wildman–Crippen MR) is 75.1 cm³/mol. The van der Waals surface area contributed by atoms with E-state index < -0.39 is 0 Å². The van der Waals surface area contributed by atoms with Gasteiger partial charge in [0.1, 0.15) is 6.04 Å². The van der Waals surface area contributed by atoms with E-state index in [1.165, 1.54) is 6.42 Å². The summed E-state index contributed by atoms with van der Waals surface area (Å²) in [5.74, 6) is 0.516. The van der Waals surface area contributed by atoms with Crippen molar-refractivity contribution in [1.29, 1.82) is 0 Å². The molecule has 112 valence electrons. The number of carbonyl (C=O) groups is 1. The maximum atomic E-state index is 11.8. The smallest absolute Gasteiger partial charge is 0.323 e. The van der Waals surface area contributed by atoms with Gasteiger partial charge in [0, 0.05) is 20.2 Å². The van der Waals surface area contributed by atoms with Gasteiger partial charge < -0.3 is 19.7 Å². The van der Waals surface area contributed by atoms with Crippen LogP contribution in [0, 0.1) is 5.92 Å². The zero-order valence-corrected chi connectivity index (χ0v) is 12.5. The summed E-state index contributed by atoms with van der Waals surface area (Å²) in [6, 6.07) is -0.175. The molecule has 2 unspecified atom stereocenters. The van der Waals surface area contributed by atoms with Crippen molar-refractivity contribution in [1.82, 2.24) is 10.2 Å². The Labute approximate surface area is 116 Å². The Morgan fingerprint density at radius 3 is 2.89 bits per heavy atom. The molecule has 5 heteroatoms. The van der Waals surface area contributed by atoms with E-state index in [0.717, 1.165) is 39.2 Å². The van der Waals surface area contributed by atoms with Crippen molar-refractivity contribution in [3.05, 3.63) is 0 Å². The summed E-state index contributed by atoms with van der Waals surface area (Å²) in [6.45, 7) is 9.05. The van der Waals surface area contributed by atoms with Crippen molar-refractivity contribution in [2.75, 3.05) is 46.5 Å². The molecule has 2 atom stereocenters.